The number of sulfonamides is 1. The first kappa shape index (κ1) is 23.7. The maximum atomic E-state index is 13.2. The highest BCUT2D eigenvalue weighted by Gasteiger charge is 2.26. The number of likely N-dealkylation sites (tertiary alicyclic amines) is 1. The van der Waals surface area contributed by atoms with Gasteiger partial charge in [-0.1, -0.05) is 30.3 Å². The summed E-state index contributed by atoms with van der Waals surface area (Å²) in [5.41, 5.74) is 1.03. The summed E-state index contributed by atoms with van der Waals surface area (Å²) in [6, 6.07) is 13.5. The number of amides is 2. The molecule has 0 radical (unpaired) electrons. The summed E-state index contributed by atoms with van der Waals surface area (Å²) < 4.78 is 32.9. The second-order valence-electron chi connectivity index (χ2n) is 7.71. The second-order valence-corrected chi connectivity index (χ2v) is 9.72. The molecule has 0 aliphatic carbocycles. The van der Waals surface area contributed by atoms with Gasteiger partial charge in [0.1, 0.15) is 10.6 Å². The van der Waals surface area contributed by atoms with Crippen molar-refractivity contribution in [3.63, 3.8) is 0 Å². The largest absolute Gasteiger partial charge is 0.495 e. The summed E-state index contributed by atoms with van der Waals surface area (Å²) in [6.07, 6.45) is 2.24. The molecule has 0 bridgehead atoms. The van der Waals surface area contributed by atoms with E-state index in [1.165, 1.54) is 36.7 Å². The van der Waals surface area contributed by atoms with Crippen molar-refractivity contribution in [3.05, 3.63) is 59.7 Å². The Labute approximate surface area is 189 Å². The Bertz CT molecular complexity index is 1050. The number of benzene rings is 2. The minimum atomic E-state index is -3.91. The van der Waals surface area contributed by atoms with Crippen molar-refractivity contribution in [2.75, 3.05) is 33.8 Å². The topological polar surface area (TPSA) is 96.0 Å². The van der Waals surface area contributed by atoms with E-state index in [1.807, 2.05) is 30.3 Å². The third kappa shape index (κ3) is 5.66. The van der Waals surface area contributed by atoms with Gasteiger partial charge in [0.2, 0.25) is 15.9 Å². The van der Waals surface area contributed by atoms with Crippen molar-refractivity contribution in [1.29, 1.82) is 0 Å². The van der Waals surface area contributed by atoms with Crippen LogP contribution in [0.3, 0.4) is 0 Å². The highest BCUT2D eigenvalue weighted by Crippen LogP contribution is 2.28. The van der Waals surface area contributed by atoms with Gasteiger partial charge in [-0.15, -0.1) is 0 Å². The predicted octanol–water partition coefficient (Wildman–Crippen LogP) is 2.26. The van der Waals surface area contributed by atoms with Crippen LogP contribution < -0.4 is 10.1 Å². The Morgan fingerprint density at radius 2 is 1.78 bits per heavy atom. The number of nitrogens with one attached hydrogen (secondary N) is 1. The van der Waals surface area contributed by atoms with Gasteiger partial charge in [0.25, 0.3) is 5.91 Å². The van der Waals surface area contributed by atoms with Crippen LogP contribution in [0.1, 0.15) is 35.2 Å². The smallest absolute Gasteiger partial charge is 0.251 e. The lowest BCUT2D eigenvalue weighted by Gasteiger charge is -2.19. The summed E-state index contributed by atoms with van der Waals surface area (Å²) in [5, 5.41) is 2.70. The molecule has 1 fully saturated rings. The highest BCUT2D eigenvalue weighted by molar-refractivity contribution is 7.89. The average Bonchev–Trinajstić information content (AvgIpc) is 3.34. The van der Waals surface area contributed by atoms with Crippen LogP contribution >= 0.6 is 0 Å². The summed E-state index contributed by atoms with van der Waals surface area (Å²) in [6.45, 7) is 1.91. The number of ether oxygens (including phenoxy) is 1. The Balaban J connectivity index is 1.71. The number of carbonyl (C=O) groups is 2. The number of rotatable bonds is 9. The van der Waals surface area contributed by atoms with Crippen LogP contribution in [0.2, 0.25) is 0 Å². The minimum absolute atomic E-state index is 0.0170. The lowest BCUT2D eigenvalue weighted by atomic mass is 10.2. The van der Waals surface area contributed by atoms with Gasteiger partial charge in [-0.2, -0.15) is 4.31 Å². The van der Waals surface area contributed by atoms with E-state index in [0.717, 1.165) is 31.5 Å². The van der Waals surface area contributed by atoms with Crippen LogP contribution in [-0.2, 0) is 21.4 Å². The maximum Gasteiger partial charge on any atom is 0.251 e. The standard InChI is InChI=1S/C23H29N3O5S/c1-25(17-18-8-4-3-5-9-18)32(29,30)21-16-19(10-11-20(21)31-2)23(28)24-13-12-22(27)26-14-6-7-15-26/h3-5,8-11,16H,6-7,12-15,17H2,1-2H3,(H,24,28). The van der Waals surface area contributed by atoms with Gasteiger partial charge >= 0.3 is 0 Å². The third-order valence-electron chi connectivity index (χ3n) is 5.45. The number of methoxy groups -OCH3 is 1. The molecule has 1 N–H and O–H groups in total. The molecule has 8 nitrogen and oxygen atoms in total. The van der Waals surface area contributed by atoms with E-state index in [2.05, 4.69) is 5.32 Å². The van der Waals surface area contributed by atoms with Gasteiger partial charge in [0.05, 0.1) is 7.11 Å². The van der Waals surface area contributed by atoms with Crippen molar-refractivity contribution < 1.29 is 22.7 Å². The zero-order valence-corrected chi connectivity index (χ0v) is 19.2. The molecule has 1 aliphatic heterocycles. The summed E-state index contributed by atoms with van der Waals surface area (Å²) in [7, 11) is -1.04. The molecule has 1 aliphatic rings. The normalized spacial score (nSPS) is 13.9. The maximum absolute atomic E-state index is 13.2. The minimum Gasteiger partial charge on any atom is -0.495 e. The lowest BCUT2D eigenvalue weighted by Crippen LogP contribution is -2.33. The van der Waals surface area contributed by atoms with Crippen LogP contribution in [-0.4, -0.2) is 63.2 Å². The SMILES string of the molecule is COc1ccc(C(=O)NCCC(=O)N2CCCC2)cc1S(=O)(=O)N(C)Cc1ccccc1. The Morgan fingerprint density at radius 1 is 1.09 bits per heavy atom. The van der Waals surface area contributed by atoms with Gasteiger partial charge in [-0.05, 0) is 36.6 Å². The van der Waals surface area contributed by atoms with Crippen LogP contribution in [0.25, 0.3) is 0 Å². The third-order valence-corrected chi connectivity index (χ3v) is 7.27. The Hall–Kier alpha value is -2.91. The van der Waals surface area contributed by atoms with Crippen LogP contribution in [0.4, 0.5) is 0 Å². The summed E-state index contributed by atoms with van der Waals surface area (Å²) >= 11 is 0. The summed E-state index contributed by atoms with van der Waals surface area (Å²) in [5.74, 6) is -0.266. The quantitative estimate of drug-likeness (QED) is 0.621. The fourth-order valence-corrected chi connectivity index (χ4v) is 4.96. The van der Waals surface area contributed by atoms with Crippen molar-refractivity contribution in [2.24, 2.45) is 0 Å². The molecule has 172 valence electrons. The molecule has 9 heteroatoms. The average molecular weight is 460 g/mol. The van der Waals surface area contributed by atoms with Gasteiger partial charge in [-0.25, -0.2) is 8.42 Å². The van der Waals surface area contributed by atoms with Gasteiger partial charge in [0, 0.05) is 45.2 Å². The zero-order chi connectivity index (χ0) is 23.1. The molecular weight excluding hydrogens is 430 g/mol. The van der Waals surface area contributed by atoms with E-state index >= 15 is 0 Å². The highest BCUT2D eigenvalue weighted by atomic mass is 32.2. The van der Waals surface area contributed by atoms with Crippen molar-refractivity contribution >= 4 is 21.8 Å². The molecular formula is C23H29N3O5S. The fraction of sp³-hybridized carbons (Fsp3) is 0.391. The molecule has 0 atom stereocenters. The number of nitrogens with zero attached hydrogens (tertiary/aromatic N) is 2. The van der Waals surface area contributed by atoms with Gasteiger partial charge in [-0.3, -0.25) is 9.59 Å². The molecule has 3 rings (SSSR count). The molecule has 0 aromatic heterocycles. The van der Waals surface area contributed by atoms with Gasteiger partial charge < -0.3 is 15.0 Å². The first-order chi connectivity index (χ1) is 15.3. The first-order valence-electron chi connectivity index (χ1n) is 10.6. The molecule has 2 aromatic carbocycles. The number of hydrogen-bond acceptors (Lipinski definition) is 5. The van der Waals surface area contributed by atoms with Gasteiger partial charge in [0.15, 0.2) is 0 Å². The lowest BCUT2D eigenvalue weighted by molar-refractivity contribution is -0.129. The van der Waals surface area contributed by atoms with Crippen LogP contribution in [0, 0.1) is 0 Å². The van der Waals surface area contributed by atoms with Crippen LogP contribution in [0.5, 0.6) is 5.75 Å². The second kappa shape index (κ2) is 10.6. The molecule has 0 saturated carbocycles. The van der Waals surface area contributed by atoms with E-state index in [4.69, 9.17) is 4.74 Å². The molecule has 2 amide bonds. The molecule has 2 aromatic rings. The molecule has 1 saturated heterocycles. The van der Waals surface area contributed by atoms with Crippen molar-refractivity contribution in [3.8, 4) is 5.75 Å². The summed E-state index contributed by atoms with van der Waals surface area (Å²) in [4.78, 5) is 26.4. The van der Waals surface area contributed by atoms with E-state index < -0.39 is 15.9 Å². The van der Waals surface area contributed by atoms with E-state index in [1.54, 1.807) is 4.90 Å². The van der Waals surface area contributed by atoms with Crippen molar-refractivity contribution in [2.45, 2.75) is 30.7 Å². The van der Waals surface area contributed by atoms with Crippen molar-refractivity contribution in [1.82, 2.24) is 14.5 Å². The van der Waals surface area contributed by atoms with E-state index in [0.29, 0.717) is 0 Å². The van der Waals surface area contributed by atoms with Crippen LogP contribution in [0.15, 0.2) is 53.4 Å². The monoisotopic (exact) mass is 459 g/mol. The molecule has 32 heavy (non-hydrogen) atoms. The molecule has 1 heterocycles. The number of carbonyl (C=O) groups excluding carboxylic acids is 2. The van der Waals surface area contributed by atoms with E-state index in [9.17, 15) is 18.0 Å². The predicted molar refractivity (Wildman–Crippen MR) is 121 cm³/mol. The van der Waals surface area contributed by atoms with E-state index in [-0.39, 0.29) is 41.6 Å². The molecule has 0 spiro atoms. The Morgan fingerprint density at radius 3 is 2.44 bits per heavy atom. The fourth-order valence-electron chi connectivity index (χ4n) is 3.62. The zero-order valence-electron chi connectivity index (χ0n) is 18.4. The number of hydrogen-bond donors (Lipinski definition) is 1. The first-order valence-corrected chi connectivity index (χ1v) is 12.0. The molecule has 0 unspecified atom stereocenters. The Kier molecular flexibility index (Phi) is 7.87.